The van der Waals surface area contributed by atoms with Gasteiger partial charge in [-0.05, 0) is 60.6 Å². The minimum absolute atomic E-state index is 0. The average molecular weight is 303 g/mol. The van der Waals surface area contributed by atoms with Crippen LogP contribution in [0.4, 0.5) is 0 Å². The van der Waals surface area contributed by atoms with E-state index in [1.807, 2.05) is 0 Å². The molecule has 0 heterocycles. The van der Waals surface area contributed by atoms with Crippen molar-refractivity contribution in [2.45, 2.75) is 19.3 Å². The van der Waals surface area contributed by atoms with Crippen LogP contribution in [0, 0.1) is 0 Å². The molecule has 3 rings (SSSR count). The Morgan fingerprint density at radius 2 is 1.57 bits per heavy atom. The zero-order valence-electron chi connectivity index (χ0n) is 14.9. The molecule has 1 aliphatic rings. The van der Waals surface area contributed by atoms with Crippen molar-refractivity contribution in [2.75, 3.05) is 13.5 Å². The molecule has 0 fully saturated rings. The molecule has 0 aromatic heterocycles. The topological polar surface area (TPSA) is 12.0 Å². The summed E-state index contributed by atoms with van der Waals surface area (Å²) >= 11 is 0. The van der Waals surface area contributed by atoms with E-state index in [0.29, 0.717) is 13.0 Å². The van der Waals surface area contributed by atoms with E-state index in [9.17, 15) is 0 Å². The summed E-state index contributed by atoms with van der Waals surface area (Å²) in [4.78, 5) is 0. The Balaban J connectivity index is 0.00000208. The van der Waals surface area contributed by atoms with Gasteiger partial charge in [0.1, 0.15) is 0 Å². The van der Waals surface area contributed by atoms with Gasteiger partial charge >= 0.3 is 0 Å². The van der Waals surface area contributed by atoms with Gasteiger partial charge in [0, 0.05) is 4.11 Å². The zero-order valence-corrected chi connectivity index (χ0v) is 12.7. The smallest absolute Gasteiger partial charge is 0.0391 e. The van der Waals surface area contributed by atoms with E-state index in [2.05, 4.69) is 59.9 Å². The number of aryl methyl sites for hydroxylation is 2. The van der Waals surface area contributed by atoms with Gasteiger partial charge in [0.2, 0.25) is 0 Å². The Morgan fingerprint density at radius 3 is 2.14 bits per heavy atom. The van der Waals surface area contributed by atoms with Crippen LogP contribution in [-0.2, 0) is 12.8 Å². The molecular weight excluding hydrogens is 278 g/mol. The van der Waals surface area contributed by atoms with Gasteiger partial charge in [-0.2, -0.15) is 0 Å². The van der Waals surface area contributed by atoms with Gasteiger partial charge in [-0.15, -0.1) is 12.4 Å². The second kappa shape index (κ2) is 7.44. The first kappa shape index (κ1) is 12.0. The summed E-state index contributed by atoms with van der Waals surface area (Å²) in [5.41, 5.74) is 6.48. The van der Waals surface area contributed by atoms with Crippen LogP contribution < -0.4 is 5.32 Å². The molecule has 0 atom stereocenters. The number of nitrogens with one attached hydrogen (secondary N) is 1. The number of hydrogen-bond acceptors (Lipinski definition) is 1. The second-order valence-corrected chi connectivity index (χ2v) is 5.15. The molecule has 0 saturated heterocycles. The summed E-state index contributed by atoms with van der Waals surface area (Å²) in [5.74, 6) is 0. The fraction of sp³-hybridized carbons (Fsp3) is 0.263. The predicted molar refractivity (Wildman–Crippen MR) is 93.2 cm³/mol. The molecular formula is C19H22ClN. The maximum Gasteiger partial charge on any atom is 0.0391 e. The molecule has 21 heavy (non-hydrogen) atoms. The molecule has 0 bridgehead atoms. The van der Waals surface area contributed by atoms with Gasteiger partial charge in [0.05, 0.1) is 0 Å². The summed E-state index contributed by atoms with van der Waals surface area (Å²) in [5, 5.41) is 2.58. The van der Waals surface area contributed by atoms with Crippen molar-refractivity contribution in [3.63, 3.8) is 0 Å². The fourth-order valence-corrected chi connectivity index (χ4v) is 2.93. The van der Waals surface area contributed by atoms with Gasteiger partial charge < -0.3 is 5.32 Å². The third-order valence-corrected chi connectivity index (χ3v) is 3.90. The molecule has 1 nitrogen and oxygen atoms in total. The van der Waals surface area contributed by atoms with E-state index in [0.717, 1.165) is 12.8 Å². The van der Waals surface area contributed by atoms with E-state index < -0.39 is 6.98 Å². The average Bonchev–Trinajstić information content (AvgIpc) is 2.68. The third kappa shape index (κ3) is 3.37. The first-order valence-electron chi connectivity index (χ1n) is 8.66. The van der Waals surface area contributed by atoms with Crippen molar-refractivity contribution < 1.29 is 4.11 Å². The van der Waals surface area contributed by atoms with Crippen molar-refractivity contribution in [2.24, 2.45) is 0 Å². The lowest BCUT2D eigenvalue weighted by Crippen LogP contribution is -2.06. The first-order chi connectivity index (χ1) is 11.0. The van der Waals surface area contributed by atoms with Crippen LogP contribution in [0.1, 0.15) is 32.8 Å². The van der Waals surface area contributed by atoms with Gasteiger partial charge in [-0.25, -0.2) is 0 Å². The second-order valence-electron chi connectivity index (χ2n) is 5.15. The summed E-state index contributed by atoms with van der Waals surface area (Å²) in [6.45, 7) is -1.62. The molecule has 0 aliphatic heterocycles. The van der Waals surface area contributed by atoms with Crippen LogP contribution in [-0.4, -0.2) is 13.5 Å². The van der Waals surface area contributed by atoms with E-state index in [1.54, 1.807) is 0 Å². The molecule has 0 spiro atoms. The lowest BCUT2D eigenvalue weighted by atomic mass is 9.93. The summed E-state index contributed by atoms with van der Waals surface area (Å²) in [7, 11) is 0. The maximum absolute atomic E-state index is 7.23. The number of hydrogen-bond donors (Lipinski definition) is 1. The lowest BCUT2D eigenvalue weighted by Gasteiger charge is -2.12. The highest BCUT2D eigenvalue weighted by Crippen LogP contribution is 2.33. The Hall–Kier alpha value is -1.57. The third-order valence-electron chi connectivity index (χ3n) is 3.90. The Bertz CT molecular complexity index is 673. The summed E-state index contributed by atoms with van der Waals surface area (Å²) < 4.78 is 21.7. The molecule has 2 heteroatoms. The van der Waals surface area contributed by atoms with Crippen molar-refractivity contribution in [3.8, 4) is 0 Å². The Kier molecular flexibility index (Phi) is 4.26. The molecule has 0 amide bonds. The Labute approximate surface area is 137 Å². The highest BCUT2D eigenvalue weighted by Gasteiger charge is 2.16. The van der Waals surface area contributed by atoms with Gasteiger partial charge in [0.25, 0.3) is 0 Å². The molecule has 1 N–H and O–H groups in total. The predicted octanol–water partition coefficient (Wildman–Crippen LogP) is 4.25. The molecule has 0 radical (unpaired) electrons. The van der Waals surface area contributed by atoms with Crippen molar-refractivity contribution in [1.82, 2.24) is 5.32 Å². The van der Waals surface area contributed by atoms with Crippen LogP contribution in [0.5, 0.6) is 0 Å². The van der Waals surface area contributed by atoms with E-state index in [4.69, 9.17) is 4.11 Å². The Morgan fingerprint density at radius 1 is 1.00 bits per heavy atom. The monoisotopic (exact) mass is 302 g/mol. The maximum atomic E-state index is 7.23. The van der Waals surface area contributed by atoms with E-state index in [1.165, 1.54) is 27.8 Å². The molecule has 2 aromatic rings. The highest BCUT2D eigenvalue weighted by molar-refractivity contribution is 5.85. The van der Waals surface area contributed by atoms with Crippen molar-refractivity contribution in [3.05, 3.63) is 76.9 Å². The highest BCUT2D eigenvalue weighted by atomic mass is 35.5. The van der Waals surface area contributed by atoms with Gasteiger partial charge in [-0.3, -0.25) is 0 Å². The summed E-state index contributed by atoms with van der Waals surface area (Å²) in [6, 6.07) is 17.0. The van der Waals surface area contributed by atoms with Crippen molar-refractivity contribution >= 4 is 18.0 Å². The van der Waals surface area contributed by atoms with Gasteiger partial charge in [-0.1, -0.05) is 54.6 Å². The van der Waals surface area contributed by atoms with Crippen LogP contribution in [0.2, 0.25) is 0 Å². The van der Waals surface area contributed by atoms with Crippen LogP contribution in [0.25, 0.3) is 5.57 Å². The van der Waals surface area contributed by atoms with Crippen LogP contribution >= 0.6 is 12.4 Å². The van der Waals surface area contributed by atoms with Crippen LogP contribution in [0.15, 0.2) is 54.6 Å². The number of halogens is 1. The lowest BCUT2D eigenvalue weighted by molar-refractivity contribution is 0.808. The molecule has 0 unspecified atom stereocenters. The van der Waals surface area contributed by atoms with E-state index >= 15 is 0 Å². The minimum Gasteiger partial charge on any atom is -0.319 e. The molecule has 1 aliphatic carbocycles. The zero-order chi connectivity index (χ0) is 16.3. The molecule has 110 valence electrons. The van der Waals surface area contributed by atoms with E-state index in [-0.39, 0.29) is 12.4 Å². The summed E-state index contributed by atoms with van der Waals surface area (Å²) in [6.07, 6.45) is 4.94. The number of rotatable bonds is 3. The number of fused-ring (bicyclic) bond motifs is 2. The quantitative estimate of drug-likeness (QED) is 0.836. The number of benzene rings is 2. The standard InChI is InChI=1S/C19H21N.ClH/c1-20-14-6-11-19-17-9-4-2-7-15(17)12-13-16-8-3-5-10-18(16)19;/h2-5,7-11,20H,6,12-14H2,1H3;1H/i1D3;. The fourth-order valence-electron chi connectivity index (χ4n) is 2.93. The SMILES string of the molecule is Cl.[2H]C([2H])([2H])NCCC=C1c2ccccc2CCc2ccccc21. The molecule has 2 aromatic carbocycles. The first-order valence-corrected chi connectivity index (χ1v) is 7.16. The van der Waals surface area contributed by atoms with Crippen LogP contribution in [0.3, 0.4) is 0 Å². The largest absolute Gasteiger partial charge is 0.319 e. The van der Waals surface area contributed by atoms with Gasteiger partial charge in [0.15, 0.2) is 0 Å². The normalized spacial score (nSPS) is 15.4. The minimum atomic E-state index is -2.07. The molecule has 0 saturated carbocycles. The van der Waals surface area contributed by atoms with Crippen molar-refractivity contribution in [1.29, 1.82) is 0 Å².